The summed E-state index contributed by atoms with van der Waals surface area (Å²) >= 11 is 1.53. The first-order valence-electron chi connectivity index (χ1n) is 8.56. The third kappa shape index (κ3) is 5.32. The number of rotatable bonds is 8. The molecule has 1 aliphatic carbocycles. The first-order chi connectivity index (χ1) is 10.7. The minimum absolute atomic E-state index is 0.0172. The van der Waals surface area contributed by atoms with Crippen LogP contribution in [0.2, 0.25) is 0 Å². The van der Waals surface area contributed by atoms with E-state index in [1.165, 1.54) is 56.3 Å². The van der Waals surface area contributed by atoms with Gasteiger partial charge in [-0.25, -0.2) is 0 Å². The number of hydrogen-bond donors (Lipinski definition) is 2. The van der Waals surface area contributed by atoms with Crippen LogP contribution >= 0.6 is 11.3 Å². The van der Waals surface area contributed by atoms with Gasteiger partial charge >= 0.3 is 0 Å². The number of nitrogens with two attached hydrogens (primary N) is 1. The summed E-state index contributed by atoms with van der Waals surface area (Å²) in [6, 6.07) is 0. The lowest BCUT2D eigenvalue weighted by Gasteiger charge is -2.26. The summed E-state index contributed by atoms with van der Waals surface area (Å²) in [5.74, 6) is 1.42. The van der Waals surface area contributed by atoms with Crippen molar-refractivity contribution in [2.45, 2.75) is 70.6 Å². The van der Waals surface area contributed by atoms with E-state index < -0.39 is 0 Å². The lowest BCUT2D eigenvalue weighted by atomic mass is 9.80. The molecule has 0 unspecified atom stereocenters. The zero-order chi connectivity index (χ0) is 15.8. The predicted molar refractivity (Wildman–Crippen MR) is 91.1 cm³/mol. The average Bonchev–Trinajstić information content (AvgIpc) is 3.00. The molecule has 0 spiro atoms. The van der Waals surface area contributed by atoms with Crippen molar-refractivity contribution in [2.24, 2.45) is 11.7 Å². The Morgan fingerprint density at radius 3 is 2.73 bits per heavy atom. The van der Waals surface area contributed by atoms with Crippen molar-refractivity contribution < 1.29 is 4.79 Å². The summed E-state index contributed by atoms with van der Waals surface area (Å²) in [5.41, 5.74) is 5.41. The number of amides is 1. The van der Waals surface area contributed by atoms with Crippen LogP contribution in [0.25, 0.3) is 0 Å². The van der Waals surface area contributed by atoms with Crippen LogP contribution in [0.15, 0.2) is 0 Å². The van der Waals surface area contributed by atoms with Crippen LogP contribution in [0, 0.1) is 5.92 Å². The SMILES string of the molecule is CCCCC1CCC(c2nnc(NC(=O)CCCN)s2)CC1. The van der Waals surface area contributed by atoms with E-state index in [0.717, 1.165) is 10.9 Å². The number of aromatic nitrogens is 2. The predicted octanol–water partition coefficient (Wildman–Crippen LogP) is 3.68. The van der Waals surface area contributed by atoms with Crippen LogP contribution in [-0.2, 0) is 4.79 Å². The number of hydrogen-bond acceptors (Lipinski definition) is 5. The molecule has 0 saturated heterocycles. The van der Waals surface area contributed by atoms with Crippen LogP contribution in [0.1, 0.15) is 75.6 Å². The number of nitrogens with zero attached hydrogens (tertiary/aromatic N) is 2. The molecule has 3 N–H and O–H groups in total. The normalized spacial score (nSPS) is 21.7. The fraction of sp³-hybridized carbons (Fsp3) is 0.812. The third-order valence-electron chi connectivity index (χ3n) is 4.46. The highest BCUT2D eigenvalue weighted by atomic mass is 32.1. The second-order valence-corrected chi connectivity index (χ2v) is 7.25. The summed E-state index contributed by atoms with van der Waals surface area (Å²) in [7, 11) is 0. The van der Waals surface area contributed by atoms with Gasteiger partial charge in [0, 0.05) is 12.3 Å². The Hall–Kier alpha value is -1.01. The highest BCUT2D eigenvalue weighted by molar-refractivity contribution is 7.15. The van der Waals surface area contributed by atoms with Gasteiger partial charge in [0.2, 0.25) is 11.0 Å². The number of nitrogens with one attached hydrogen (secondary N) is 1. The van der Waals surface area contributed by atoms with Crippen molar-refractivity contribution >= 4 is 22.4 Å². The molecule has 6 heteroatoms. The quantitative estimate of drug-likeness (QED) is 0.764. The molecule has 0 atom stereocenters. The summed E-state index contributed by atoms with van der Waals surface area (Å²) in [6.45, 7) is 2.80. The molecule has 5 nitrogen and oxygen atoms in total. The lowest BCUT2D eigenvalue weighted by Crippen LogP contribution is -2.13. The van der Waals surface area contributed by atoms with Gasteiger partial charge in [-0.05, 0) is 44.6 Å². The largest absolute Gasteiger partial charge is 0.330 e. The van der Waals surface area contributed by atoms with Gasteiger partial charge < -0.3 is 11.1 Å². The van der Waals surface area contributed by atoms with Gasteiger partial charge in [-0.1, -0.05) is 37.5 Å². The maximum atomic E-state index is 11.7. The minimum Gasteiger partial charge on any atom is -0.330 e. The molecule has 2 rings (SSSR count). The summed E-state index contributed by atoms with van der Waals surface area (Å²) in [6.07, 6.45) is 10.2. The number of unbranched alkanes of at least 4 members (excludes halogenated alkanes) is 1. The van der Waals surface area contributed by atoms with Gasteiger partial charge in [0.1, 0.15) is 5.01 Å². The minimum atomic E-state index is -0.0172. The monoisotopic (exact) mass is 324 g/mol. The van der Waals surface area contributed by atoms with Crippen molar-refractivity contribution in [3.05, 3.63) is 5.01 Å². The molecule has 1 aromatic heterocycles. The summed E-state index contributed by atoms with van der Waals surface area (Å²) < 4.78 is 0. The Bertz CT molecular complexity index is 455. The Balaban J connectivity index is 1.78. The average molecular weight is 324 g/mol. The summed E-state index contributed by atoms with van der Waals surface area (Å²) in [5, 5.41) is 12.9. The van der Waals surface area contributed by atoms with E-state index in [4.69, 9.17) is 5.73 Å². The van der Waals surface area contributed by atoms with Crippen molar-refractivity contribution in [3.8, 4) is 0 Å². The van der Waals surface area contributed by atoms with Gasteiger partial charge in [0.05, 0.1) is 0 Å². The lowest BCUT2D eigenvalue weighted by molar-refractivity contribution is -0.116. The fourth-order valence-corrected chi connectivity index (χ4v) is 4.01. The maximum absolute atomic E-state index is 11.7. The van der Waals surface area contributed by atoms with Crippen LogP contribution in [0.3, 0.4) is 0 Å². The smallest absolute Gasteiger partial charge is 0.226 e. The molecule has 124 valence electrons. The molecule has 0 bridgehead atoms. The molecule has 1 fully saturated rings. The molecule has 0 radical (unpaired) electrons. The number of carbonyl (C=O) groups excluding carboxylic acids is 1. The molecule has 0 aliphatic heterocycles. The van der Waals surface area contributed by atoms with Crippen molar-refractivity contribution in [1.82, 2.24) is 10.2 Å². The van der Waals surface area contributed by atoms with Gasteiger partial charge in [0.15, 0.2) is 0 Å². The van der Waals surface area contributed by atoms with Gasteiger partial charge in [-0.3, -0.25) is 4.79 Å². The molecule has 1 saturated carbocycles. The highest BCUT2D eigenvalue weighted by Crippen LogP contribution is 2.39. The second-order valence-electron chi connectivity index (χ2n) is 6.25. The maximum Gasteiger partial charge on any atom is 0.226 e. The topological polar surface area (TPSA) is 80.9 Å². The Labute approximate surface area is 137 Å². The van der Waals surface area contributed by atoms with E-state index in [0.29, 0.717) is 30.4 Å². The first kappa shape index (κ1) is 17.3. The molecule has 1 amide bonds. The van der Waals surface area contributed by atoms with Crippen LogP contribution in [0.5, 0.6) is 0 Å². The van der Waals surface area contributed by atoms with Crippen molar-refractivity contribution in [3.63, 3.8) is 0 Å². The molecule has 1 heterocycles. The highest BCUT2D eigenvalue weighted by Gasteiger charge is 2.24. The fourth-order valence-electron chi connectivity index (χ4n) is 3.09. The first-order valence-corrected chi connectivity index (χ1v) is 9.37. The third-order valence-corrected chi connectivity index (χ3v) is 5.46. The van der Waals surface area contributed by atoms with Crippen LogP contribution in [0.4, 0.5) is 5.13 Å². The zero-order valence-corrected chi connectivity index (χ0v) is 14.3. The van der Waals surface area contributed by atoms with Gasteiger partial charge in [-0.15, -0.1) is 10.2 Å². The van der Waals surface area contributed by atoms with Gasteiger partial charge in [-0.2, -0.15) is 0 Å². The van der Waals surface area contributed by atoms with E-state index in [-0.39, 0.29) is 5.91 Å². The Morgan fingerprint density at radius 2 is 2.05 bits per heavy atom. The van der Waals surface area contributed by atoms with Crippen LogP contribution in [-0.4, -0.2) is 22.6 Å². The van der Waals surface area contributed by atoms with E-state index >= 15 is 0 Å². The summed E-state index contributed by atoms with van der Waals surface area (Å²) in [4.78, 5) is 11.7. The van der Waals surface area contributed by atoms with Crippen LogP contribution < -0.4 is 11.1 Å². The molecule has 1 aromatic rings. The molecular formula is C16H28N4OS. The molecular weight excluding hydrogens is 296 g/mol. The molecule has 0 aromatic carbocycles. The van der Waals surface area contributed by atoms with E-state index in [1.807, 2.05) is 0 Å². The number of anilines is 1. The molecule has 22 heavy (non-hydrogen) atoms. The number of carbonyl (C=O) groups is 1. The Kier molecular flexibility index (Phi) is 7.25. The second kappa shape index (κ2) is 9.20. The Morgan fingerprint density at radius 1 is 1.27 bits per heavy atom. The molecule has 1 aliphatic rings. The zero-order valence-electron chi connectivity index (χ0n) is 13.5. The van der Waals surface area contributed by atoms with Crippen molar-refractivity contribution in [1.29, 1.82) is 0 Å². The van der Waals surface area contributed by atoms with Crippen molar-refractivity contribution in [2.75, 3.05) is 11.9 Å². The van der Waals surface area contributed by atoms with Gasteiger partial charge in [0.25, 0.3) is 0 Å². The van der Waals surface area contributed by atoms with E-state index in [1.54, 1.807) is 0 Å². The van der Waals surface area contributed by atoms with E-state index in [9.17, 15) is 4.79 Å². The standard InChI is InChI=1S/C16H28N4OS/c1-2-3-5-12-7-9-13(10-8-12)15-19-20-16(22-15)18-14(21)6-4-11-17/h12-13H,2-11,17H2,1H3,(H,18,20,21). The van der Waals surface area contributed by atoms with E-state index in [2.05, 4.69) is 22.4 Å².